The normalized spacial score (nSPS) is 13.9. The summed E-state index contributed by atoms with van der Waals surface area (Å²) in [5, 5.41) is 7.13. The minimum atomic E-state index is -4.12. The number of hydrogen-bond donors (Lipinski definition) is 1. The molecule has 1 rings (SSSR count). The third kappa shape index (κ3) is 4.45. The Bertz CT molecular complexity index is 398. The molecule has 0 aliphatic heterocycles. The summed E-state index contributed by atoms with van der Waals surface area (Å²) < 4.78 is 56.0. The maximum absolute atomic E-state index is 12.8. The molecule has 0 amide bonds. The predicted octanol–water partition coefficient (Wildman–Crippen LogP) is 2.47. The molecule has 0 aromatic carbocycles. The summed E-state index contributed by atoms with van der Waals surface area (Å²) in [6, 6.07) is 1.38. The van der Waals surface area contributed by atoms with E-state index < -0.39 is 19.0 Å². The van der Waals surface area contributed by atoms with Crippen molar-refractivity contribution in [1.82, 2.24) is 15.1 Å². The molecule has 1 N–H and O–H groups in total. The maximum Gasteiger partial charge on any atom is 0.330 e. The van der Waals surface area contributed by atoms with Gasteiger partial charge in [-0.3, -0.25) is 4.68 Å². The fourth-order valence-electron chi connectivity index (χ4n) is 1.77. The van der Waals surface area contributed by atoms with Crippen LogP contribution in [0.1, 0.15) is 25.6 Å². The van der Waals surface area contributed by atoms with Gasteiger partial charge >= 0.3 is 12.3 Å². The average Bonchev–Trinajstić information content (AvgIpc) is 2.85. The molecule has 1 aromatic rings. The van der Waals surface area contributed by atoms with E-state index in [1.54, 1.807) is 16.9 Å². The minimum absolute atomic E-state index is 0.123. The first kappa shape index (κ1) is 16.9. The summed E-state index contributed by atoms with van der Waals surface area (Å²) in [6.45, 7) is 3.54. The Morgan fingerprint density at radius 3 is 2.65 bits per heavy atom. The van der Waals surface area contributed by atoms with Crippen molar-refractivity contribution >= 4 is 0 Å². The number of likely N-dealkylation sites (N-methyl/N-ethyl adjacent to an activating group) is 1. The molecule has 0 saturated heterocycles. The Morgan fingerprint density at radius 1 is 1.40 bits per heavy atom. The standard InChI is InChI=1S/C12H19F4N3O/c1-3-17-9(10-5-6-18-19(10)4-2)7-20-8-12(15,16)11(13)14/h5-6,9,11,17H,3-4,7-8H2,1-2H3. The number of rotatable bonds is 9. The summed E-state index contributed by atoms with van der Waals surface area (Å²) in [4.78, 5) is 0. The Balaban J connectivity index is 2.61. The van der Waals surface area contributed by atoms with Gasteiger partial charge in [-0.25, -0.2) is 8.78 Å². The first-order valence-electron chi connectivity index (χ1n) is 6.41. The lowest BCUT2D eigenvalue weighted by atomic mass is 10.2. The smallest absolute Gasteiger partial charge is 0.330 e. The molecule has 0 radical (unpaired) electrons. The lowest BCUT2D eigenvalue weighted by molar-refractivity contribution is -0.167. The summed E-state index contributed by atoms with van der Waals surface area (Å²) in [6.07, 6.45) is -2.13. The van der Waals surface area contributed by atoms with Crippen molar-refractivity contribution in [2.24, 2.45) is 0 Å². The lowest BCUT2D eigenvalue weighted by Crippen LogP contribution is -2.35. The van der Waals surface area contributed by atoms with E-state index in [4.69, 9.17) is 4.74 Å². The zero-order valence-corrected chi connectivity index (χ0v) is 11.5. The highest BCUT2D eigenvalue weighted by atomic mass is 19.3. The Kier molecular flexibility index (Phi) is 6.41. The number of hydrogen-bond acceptors (Lipinski definition) is 3. The number of aromatic nitrogens is 2. The largest absolute Gasteiger partial charge is 0.373 e. The van der Waals surface area contributed by atoms with Crippen LogP contribution in [0, 0.1) is 0 Å². The third-order valence-electron chi connectivity index (χ3n) is 2.75. The highest BCUT2D eigenvalue weighted by Crippen LogP contribution is 2.23. The monoisotopic (exact) mass is 297 g/mol. The molecule has 0 fully saturated rings. The summed E-state index contributed by atoms with van der Waals surface area (Å²) in [5.41, 5.74) is 0.773. The number of nitrogens with zero attached hydrogens (tertiary/aromatic N) is 2. The van der Waals surface area contributed by atoms with Crippen LogP contribution in [0.25, 0.3) is 0 Å². The second kappa shape index (κ2) is 7.58. The first-order valence-corrected chi connectivity index (χ1v) is 6.41. The van der Waals surface area contributed by atoms with Crippen LogP contribution in [0.5, 0.6) is 0 Å². The van der Waals surface area contributed by atoms with Crippen molar-refractivity contribution in [3.05, 3.63) is 18.0 Å². The Labute approximate surface area is 115 Å². The summed E-state index contributed by atoms with van der Waals surface area (Å²) in [7, 11) is 0. The molecular weight excluding hydrogens is 278 g/mol. The minimum Gasteiger partial charge on any atom is -0.373 e. The second-order valence-corrected chi connectivity index (χ2v) is 4.26. The third-order valence-corrected chi connectivity index (χ3v) is 2.75. The van der Waals surface area contributed by atoms with Crippen LogP contribution in [0.4, 0.5) is 17.6 Å². The van der Waals surface area contributed by atoms with Crippen molar-refractivity contribution in [2.45, 2.75) is 38.8 Å². The van der Waals surface area contributed by atoms with E-state index in [0.717, 1.165) is 5.69 Å². The van der Waals surface area contributed by atoms with Gasteiger partial charge in [0.25, 0.3) is 0 Å². The number of aryl methyl sites for hydroxylation is 1. The predicted molar refractivity (Wildman–Crippen MR) is 66.1 cm³/mol. The van der Waals surface area contributed by atoms with Crippen molar-refractivity contribution < 1.29 is 22.3 Å². The van der Waals surface area contributed by atoms with Crippen molar-refractivity contribution in [3.63, 3.8) is 0 Å². The summed E-state index contributed by atoms with van der Waals surface area (Å²) in [5.74, 6) is -4.12. The van der Waals surface area contributed by atoms with Gasteiger partial charge in [-0.05, 0) is 19.5 Å². The SMILES string of the molecule is CCNC(COCC(F)(F)C(F)F)c1ccnn1CC. The Hall–Kier alpha value is -1.15. The van der Waals surface area contributed by atoms with Crippen molar-refractivity contribution in [2.75, 3.05) is 19.8 Å². The van der Waals surface area contributed by atoms with Gasteiger partial charge < -0.3 is 10.1 Å². The fraction of sp³-hybridized carbons (Fsp3) is 0.750. The molecule has 4 nitrogen and oxygen atoms in total. The Morgan fingerprint density at radius 2 is 2.10 bits per heavy atom. The molecular formula is C12H19F4N3O. The molecule has 1 heterocycles. The van der Waals surface area contributed by atoms with Crippen LogP contribution in [-0.4, -0.2) is 41.9 Å². The van der Waals surface area contributed by atoms with Crippen molar-refractivity contribution in [3.8, 4) is 0 Å². The molecule has 0 bridgehead atoms. The van der Waals surface area contributed by atoms with Gasteiger partial charge in [0.1, 0.15) is 6.61 Å². The molecule has 0 aliphatic carbocycles. The topological polar surface area (TPSA) is 39.1 Å². The molecule has 1 aromatic heterocycles. The lowest BCUT2D eigenvalue weighted by Gasteiger charge is -2.21. The van der Waals surface area contributed by atoms with E-state index in [1.807, 2.05) is 13.8 Å². The van der Waals surface area contributed by atoms with E-state index in [-0.39, 0.29) is 12.6 Å². The van der Waals surface area contributed by atoms with Crippen molar-refractivity contribution in [1.29, 1.82) is 0 Å². The molecule has 0 spiro atoms. The van der Waals surface area contributed by atoms with E-state index >= 15 is 0 Å². The van der Waals surface area contributed by atoms with Crippen LogP contribution < -0.4 is 5.32 Å². The molecule has 0 aliphatic rings. The zero-order chi connectivity index (χ0) is 15.2. The van der Waals surface area contributed by atoms with Gasteiger partial charge in [0.15, 0.2) is 0 Å². The van der Waals surface area contributed by atoms with Gasteiger partial charge in [-0.1, -0.05) is 6.92 Å². The molecule has 8 heteroatoms. The molecule has 1 unspecified atom stereocenters. The molecule has 0 saturated carbocycles. The van der Waals surface area contributed by atoms with Crippen LogP contribution >= 0.6 is 0 Å². The number of halogens is 4. The van der Waals surface area contributed by atoms with Crippen LogP contribution in [-0.2, 0) is 11.3 Å². The maximum atomic E-state index is 12.8. The van der Waals surface area contributed by atoms with Gasteiger partial charge in [0, 0.05) is 12.7 Å². The highest BCUT2D eigenvalue weighted by Gasteiger charge is 2.41. The molecule has 116 valence electrons. The number of nitrogens with one attached hydrogen (secondary N) is 1. The molecule has 20 heavy (non-hydrogen) atoms. The number of alkyl halides is 4. The van der Waals surface area contributed by atoms with Gasteiger partial charge in [0.05, 0.1) is 18.3 Å². The molecule has 1 atom stereocenters. The quantitative estimate of drug-likeness (QED) is 0.712. The first-order chi connectivity index (χ1) is 9.42. The van der Waals surface area contributed by atoms with Gasteiger partial charge in [-0.15, -0.1) is 0 Å². The van der Waals surface area contributed by atoms with E-state index in [9.17, 15) is 17.6 Å². The van der Waals surface area contributed by atoms with Crippen LogP contribution in [0.3, 0.4) is 0 Å². The van der Waals surface area contributed by atoms with E-state index in [1.165, 1.54) is 0 Å². The van der Waals surface area contributed by atoms with Crippen LogP contribution in [0.2, 0.25) is 0 Å². The zero-order valence-electron chi connectivity index (χ0n) is 11.5. The fourth-order valence-corrected chi connectivity index (χ4v) is 1.77. The average molecular weight is 297 g/mol. The van der Waals surface area contributed by atoms with Gasteiger partial charge in [0.2, 0.25) is 0 Å². The van der Waals surface area contributed by atoms with Gasteiger partial charge in [-0.2, -0.15) is 13.9 Å². The highest BCUT2D eigenvalue weighted by molar-refractivity contribution is 5.07. The number of ether oxygens (including phenoxy) is 1. The second-order valence-electron chi connectivity index (χ2n) is 4.26. The van der Waals surface area contributed by atoms with Crippen LogP contribution in [0.15, 0.2) is 12.3 Å². The summed E-state index contributed by atoms with van der Waals surface area (Å²) >= 11 is 0. The van der Waals surface area contributed by atoms with E-state index in [0.29, 0.717) is 13.1 Å². The van der Waals surface area contributed by atoms with E-state index in [2.05, 4.69) is 10.4 Å².